The molecule has 0 N–H and O–H groups in total. The minimum absolute atomic E-state index is 0.837. The third-order valence-corrected chi connectivity index (χ3v) is 1.66. The van der Waals surface area contributed by atoms with Crippen molar-refractivity contribution < 1.29 is 0 Å². The van der Waals surface area contributed by atoms with Crippen molar-refractivity contribution in [3.05, 3.63) is 54.5 Å². The van der Waals surface area contributed by atoms with E-state index in [0.29, 0.717) is 0 Å². The van der Waals surface area contributed by atoms with Crippen molar-refractivity contribution in [2.75, 3.05) is 0 Å². The molecular formula is C12H14N2. The minimum atomic E-state index is 0.837. The molecular weight excluding hydrogens is 172 g/mol. The lowest BCUT2D eigenvalue weighted by Crippen LogP contribution is -2.03. The van der Waals surface area contributed by atoms with Crippen LogP contribution in [0.15, 0.2) is 53.8 Å². The Bertz CT molecular complexity index is 361. The summed E-state index contributed by atoms with van der Waals surface area (Å²) >= 11 is 0. The average Bonchev–Trinajstić information content (AvgIpc) is 2.19. The molecule has 1 rings (SSSR count). The lowest BCUT2D eigenvalue weighted by molar-refractivity contribution is 1.27. The summed E-state index contributed by atoms with van der Waals surface area (Å²) in [7, 11) is 0. The van der Waals surface area contributed by atoms with Crippen LogP contribution in [0.1, 0.15) is 19.5 Å². The van der Waals surface area contributed by atoms with Crippen LogP contribution in [0.5, 0.6) is 0 Å². The predicted molar refractivity (Wildman–Crippen MR) is 60.4 cm³/mol. The molecule has 1 aromatic rings. The lowest BCUT2D eigenvalue weighted by atomic mass is 10.1. The Balaban J connectivity index is 3.07. The maximum Gasteiger partial charge on any atom is 0.0909 e. The first-order chi connectivity index (χ1) is 6.75. The van der Waals surface area contributed by atoms with Gasteiger partial charge in [0.1, 0.15) is 0 Å². The second-order valence-corrected chi connectivity index (χ2v) is 2.96. The molecule has 2 nitrogen and oxygen atoms in total. The van der Waals surface area contributed by atoms with E-state index in [9.17, 15) is 0 Å². The summed E-state index contributed by atoms with van der Waals surface area (Å²) in [5.74, 6) is 0. The van der Waals surface area contributed by atoms with Gasteiger partial charge in [0.15, 0.2) is 0 Å². The smallest absolute Gasteiger partial charge is 0.0909 e. The normalized spacial score (nSPS) is 12.0. The number of nitrogens with zero attached hydrogens (tertiary/aromatic N) is 2. The Kier molecular flexibility index (Phi) is 3.80. The van der Waals surface area contributed by atoms with Crippen LogP contribution >= 0.6 is 0 Å². The van der Waals surface area contributed by atoms with Crippen LogP contribution in [-0.2, 0) is 0 Å². The molecule has 2 heteroatoms. The zero-order valence-corrected chi connectivity index (χ0v) is 8.57. The highest BCUT2D eigenvalue weighted by atomic mass is 14.8. The molecule has 1 aromatic heterocycles. The van der Waals surface area contributed by atoms with Crippen LogP contribution in [0.2, 0.25) is 0 Å². The van der Waals surface area contributed by atoms with Gasteiger partial charge in [0, 0.05) is 12.4 Å². The van der Waals surface area contributed by atoms with Crippen molar-refractivity contribution in [1.82, 2.24) is 4.98 Å². The minimum Gasteiger partial charge on any atom is -0.255 e. The largest absolute Gasteiger partial charge is 0.255 e. The van der Waals surface area contributed by atoms with Crippen molar-refractivity contribution in [1.29, 1.82) is 0 Å². The number of hydrogen-bond donors (Lipinski definition) is 0. The van der Waals surface area contributed by atoms with Crippen LogP contribution in [0.25, 0.3) is 0 Å². The van der Waals surface area contributed by atoms with Crippen molar-refractivity contribution in [3.8, 4) is 0 Å². The van der Waals surface area contributed by atoms with E-state index in [-0.39, 0.29) is 0 Å². The van der Waals surface area contributed by atoms with Gasteiger partial charge in [-0.1, -0.05) is 18.7 Å². The summed E-state index contributed by atoms with van der Waals surface area (Å²) in [6.45, 7) is 7.74. The Hall–Kier alpha value is -1.70. The number of aliphatic imine (C=N–C) groups is 1. The van der Waals surface area contributed by atoms with Gasteiger partial charge in [0.2, 0.25) is 0 Å². The van der Waals surface area contributed by atoms with Gasteiger partial charge in [-0.15, -0.1) is 0 Å². The predicted octanol–water partition coefficient (Wildman–Crippen LogP) is 2.98. The van der Waals surface area contributed by atoms with E-state index in [4.69, 9.17) is 0 Å². The number of rotatable bonds is 3. The van der Waals surface area contributed by atoms with Crippen LogP contribution < -0.4 is 0 Å². The van der Waals surface area contributed by atoms with Crippen LogP contribution in [0, 0.1) is 0 Å². The Morgan fingerprint density at radius 3 is 2.79 bits per heavy atom. The Morgan fingerprint density at radius 2 is 2.29 bits per heavy atom. The molecule has 0 aliphatic heterocycles. The zero-order chi connectivity index (χ0) is 10.4. The first kappa shape index (κ1) is 10.4. The van der Waals surface area contributed by atoms with Crippen molar-refractivity contribution in [3.63, 3.8) is 0 Å². The molecule has 0 saturated heterocycles. The molecule has 0 aromatic carbocycles. The van der Waals surface area contributed by atoms with E-state index in [1.807, 2.05) is 38.1 Å². The summed E-state index contributed by atoms with van der Waals surface area (Å²) in [5, 5.41) is 0. The third-order valence-electron chi connectivity index (χ3n) is 1.66. The molecule has 1 heterocycles. The molecule has 0 radical (unpaired) electrons. The van der Waals surface area contributed by atoms with Crippen LogP contribution in [-0.4, -0.2) is 10.7 Å². The molecule has 0 spiro atoms. The van der Waals surface area contributed by atoms with Crippen molar-refractivity contribution in [2.45, 2.75) is 13.8 Å². The fourth-order valence-corrected chi connectivity index (χ4v) is 1.05. The highest BCUT2D eigenvalue weighted by molar-refractivity contribution is 6.10. The summed E-state index contributed by atoms with van der Waals surface area (Å²) in [5.41, 5.74) is 2.61. The maximum atomic E-state index is 4.29. The van der Waals surface area contributed by atoms with E-state index in [0.717, 1.165) is 17.0 Å². The summed E-state index contributed by atoms with van der Waals surface area (Å²) in [4.78, 5) is 8.51. The van der Waals surface area contributed by atoms with Gasteiger partial charge in [-0.05, 0) is 31.6 Å². The van der Waals surface area contributed by atoms with E-state index in [1.54, 1.807) is 12.4 Å². The summed E-state index contributed by atoms with van der Waals surface area (Å²) in [6.07, 6.45) is 5.38. The zero-order valence-electron chi connectivity index (χ0n) is 8.57. The van der Waals surface area contributed by atoms with E-state index in [1.165, 1.54) is 0 Å². The van der Waals surface area contributed by atoms with Crippen LogP contribution in [0.4, 0.5) is 0 Å². The second kappa shape index (κ2) is 5.12. The Labute approximate surface area is 84.7 Å². The van der Waals surface area contributed by atoms with Gasteiger partial charge in [-0.2, -0.15) is 0 Å². The van der Waals surface area contributed by atoms with Crippen LogP contribution in [0.3, 0.4) is 0 Å². The molecule has 0 aliphatic rings. The fourth-order valence-electron chi connectivity index (χ4n) is 1.05. The van der Waals surface area contributed by atoms with Gasteiger partial charge in [0.25, 0.3) is 0 Å². The maximum absolute atomic E-state index is 4.29. The molecule has 0 fully saturated rings. The summed E-state index contributed by atoms with van der Waals surface area (Å²) in [6, 6.07) is 5.75. The number of aromatic nitrogens is 1. The quantitative estimate of drug-likeness (QED) is 0.666. The van der Waals surface area contributed by atoms with Gasteiger partial charge in [0.05, 0.1) is 11.4 Å². The van der Waals surface area contributed by atoms with E-state index < -0.39 is 0 Å². The van der Waals surface area contributed by atoms with Crippen molar-refractivity contribution >= 4 is 5.71 Å². The monoisotopic (exact) mass is 186 g/mol. The van der Waals surface area contributed by atoms with Crippen molar-refractivity contribution in [2.24, 2.45) is 4.99 Å². The molecule has 0 saturated carbocycles. The third kappa shape index (κ3) is 2.66. The highest BCUT2D eigenvalue weighted by Crippen LogP contribution is 2.05. The van der Waals surface area contributed by atoms with Gasteiger partial charge >= 0.3 is 0 Å². The molecule has 0 bridgehead atoms. The number of pyridine rings is 1. The average molecular weight is 186 g/mol. The first-order valence-electron chi connectivity index (χ1n) is 4.52. The molecule has 0 unspecified atom stereocenters. The van der Waals surface area contributed by atoms with Gasteiger partial charge in [-0.3, -0.25) is 9.98 Å². The molecule has 0 aliphatic carbocycles. The standard InChI is InChI=1S/C12H14N2/c1-4-8-14-12(10(2)3)11-7-5-6-9-13-11/h4-9H,2H2,1,3H3/b8-4-,14-12?. The topological polar surface area (TPSA) is 25.2 Å². The fraction of sp³-hybridized carbons (Fsp3) is 0.167. The Morgan fingerprint density at radius 1 is 1.50 bits per heavy atom. The summed E-state index contributed by atoms with van der Waals surface area (Å²) < 4.78 is 0. The molecule has 0 atom stereocenters. The first-order valence-corrected chi connectivity index (χ1v) is 4.52. The SMILES string of the molecule is C=C(C)C(=N/C=C\C)c1ccccn1. The van der Waals surface area contributed by atoms with E-state index in [2.05, 4.69) is 16.6 Å². The van der Waals surface area contributed by atoms with Gasteiger partial charge < -0.3 is 0 Å². The highest BCUT2D eigenvalue weighted by Gasteiger charge is 2.03. The lowest BCUT2D eigenvalue weighted by Gasteiger charge is -2.02. The molecule has 0 amide bonds. The molecule has 14 heavy (non-hydrogen) atoms. The number of allylic oxidation sites excluding steroid dienone is 2. The van der Waals surface area contributed by atoms with E-state index >= 15 is 0 Å². The molecule has 72 valence electrons. The number of hydrogen-bond acceptors (Lipinski definition) is 2. The van der Waals surface area contributed by atoms with Gasteiger partial charge in [-0.25, -0.2) is 0 Å². The second-order valence-electron chi connectivity index (χ2n) is 2.96.